The lowest BCUT2D eigenvalue weighted by molar-refractivity contribution is -0.147. The zero-order chi connectivity index (χ0) is 15.0. The highest BCUT2D eigenvalue weighted by atomic mass is 16.4. The lowest BCUT2D eigenvalue weighted by atomic mass is 9.94. The molecule has 1 unspecified atom stereocenters. The summed E-state index contributed by atoms with van der Waals surface area (Å²) in [5, 5.41) is 9.43. The van der Waals surface area contributed by atoms with Crippen molar-refractivity contribution in [3.05, 3.63) is 41.0 Å². The van der Waals surface area contributed by atoms with Crippen molar-refractivity contribution in [1.82, 2.24) is 4.90 Å². The summed E-state index contributed by atoms with van der Waals surface area (Å²) in [5.74, 6) is -1.09. The van der Waals surface area contributed by atoms with E-state index in [9.17, 15) is 14.7 Å². The van der Waals surface area contributed by atoms with E-state index in [-0.39, 0.29) is 5.91 Å². The zero-order valence-corrected chi connectivity index (χ0v) is 12.1. The van der Waals surface area contributed by atoms with Crippen molar-refractivity contribution in [2.24, 2.45) is 0 Å². The molecule has 1 aliphatic heterocycles. The van der Waals surface area contributed by atoms with E-state index in [1.165, 1.54) is 10.5 Å². The van der Waals surface area contributed by atoms with E-state index < -0.39 is 11.5 Å². The number of carboxylic acid groups (broad SMARTS) is 1. The third kappa shape index (κ3) is 2.24. The smallest absolute Gasteiger partial charge is 0.329 e. The van der Waals surface area contributed by atoms with Gasteiger partial charge in [0.2, 0.25) is 0 Å². The molecule has 4 nitrogen and oxygen atoms in total. The molecule has 2 aliphatic rings. The molecule has 4 heteroatoms. The molecule has 0 radical (unpaired) electrons. The Morgan fingerprint density at radius 3 is 2.90 bits per heavy atom. The van der Waals surface area contributed by atoms with E-state index in [1.807, 2.05) is 12.1 Å². The van der Waals surface area contributed by atoms with E-state index >= 15 is 0 Å². The summed E-state index contributed by atoms with van der Waals surface area (Å²) in [5.41, 5.74) is 1.84. The first-order valence-corrected chi connectivity index (χ1v) is 7.37. The number of aliphatic carboxylic acids is 1. The molecular weight excluding hydrogens is 266 g/mol. The first-order chi connectivity index (χ1) is 10.0. The Kier molecular flexibility index (Phi) is 3.32. The molecule has 0 saturated carbocycles. The molecule has 1 saturated heterocycles. The van der Waals surface area contributed by atoms with Crippen LogP contribution in [0.1, 0.15) is 47.7 Å². The molecule has 1 atom stereocenters. The largest absolute Gasteiger partial charge is 0.480 e. The highest BCUT2D eigenvalue weighted by Crippen LogP contribution is 2.31. The zero-order valence-electron chi connectivity index (χ0n) is 12.1. The van der Waals surface area contributed by atoms with Crippen LogP contribution in [0.5, 0.6) is 0 Å². The van der Waals surface area contributed by atoms with Crippen LogP contribution in [0.4, 0.5) is 0 Å². The number of hydrogen-bond donors (Lipinski definition) is 1. The number of nitrogens with zero attached hydrogens (tertiary/aromatic N) is 1. The number of hydrogen-bond acceptors (Lipinski definition) is 2. The minimum Gasteiger partial charge on any atom is -0.480 e. The Bertz CT molecular complexity index is 635. The fourth-order valence-corrected chi connectivity index (χ4v) is 3.23. The van der Waals surface area contributed by atoms with Crippen LogP contribution >= 0.6 is 0 Å². The van der Waals surface area contributed by atoms with E-state index in [2.05, 4.69) is 12.2 Å². The summed E-state index contributed by atoms with van der Waals surface area (Å²) in [4.78, 5) is 25.7. The standard InChI is InChI=1S/C17H19NO3/c1-17(16(20)21)9-4-10-18(17)15(19)14-8-7-12-5-2-3-6-13(12)11-14/h2,5,7-8,11H,3-4,6,9-10H2,1H3,(H,20,21). The number of likely N-dealkylation sites (tertiary alicyclic amines) is 1. The number of carboxylic acids is 1. The van der Waals surface area contributed by atoms with Crippen molar-refractivity contribution >= 4 is 18.0 Å². The van der Waals surface area contributed by atoms with Crippen molar-refractivity contribution in [2.75, 3.05) is 6.54 Å². The second-order valence-electron chi connectivity index (χ2n) is 5.99. The molecule has 110 valence electrons. The fourth-order valence-electron chi connectivity index (χ4n) is 3.23. The maximum atomic E-state index is 12.7. The molecule has 1 fully saturated rings. The van der Waals surface area contributed by atoms with E-state index in [0.717, 1.165) is 24.8 Å². The highest BCUT2D eigenvalue weighted by molar-refractivity contribution is 5.98. The number of benzene rings is 1. The molecule has 1 aliphatic carbocycles. The quantitative estimate of drug-likeness (QED) is 0.909. The van der Waals surface area contributed by atoms with Gasteiger partial charge in [-0.15, -0.1) is 0 Å². The predicted octanol–water partition coefficient (Wildman–Crippen LogP) is 2.73. The maximum absolute atomic E-state index is 12.7. The molecule has 1 amide bonds. The third-order valence-corrected chi connectivity index (χ3v) is 4.61. The number of amides is 1. The van der Waals surface area contributed by atoms with Gasteiger partial charge in [-0.2, -0.15) is 0 Å². The summed E-state index contributed by atoms with van der Waals surface area (Å²) in [6, 6.07) is 5.67. The molecule has 1 N–H and O–H groups in total. The summed E-state index contributed by atoms with van der Waals surface area (Å²) >= 11 is 0. The van der Waals surface area contributed by atoms with Crippen molar-refractivity contribution in [1.29, 1.82) is 0 Å². The van der Waals surface area contributed by atoms with Crippen LogP contribution in [0.15, 0.2) is 24.3 Å². The van der Waals surface area contributed by atoms with Gasteiger partial charge in [-0.05, 0) is 55.9 Å². The molecule has 3 rings (SSSR count). The number of allylic oxidation sites excluding steroid dienone is 1. The number of carbonyl (C=O) groups is 2. The predicted molar refractivity (Wildman–Crippen MR) is 80.1 cm³/mol. The van der Waals surface area contributed by atoms with Gasteiger partial charge in [-0.25, -0.2) is 4.79 Å². The van der Waals surface area contributed by atoms with Crippen LogP contribution < -0.4 is 0 Å². The van der Waals surface area contributed by atoms with Gasteiger partial charge in [0, 0.05) is 12.1 Å². The monoisotopic (exact) mass is 285 g/mol. The second kappa shape index (κ2) is 5.02. The Morgan fingerprint density at radius 2 is 2.14 bits per heavy atom. The van der Waals surface area contributed by atoms with Crippen molar-refractivity contribution in [2.45, 2.75) is 38.1 Å². The first-order valence-electron chi connectivity index (χ1n) is 7.37. The molecular formula is C17H19NO3. The van der Waals surface area contributed by atoms with Crippen LogP contribution in [0, 0.1) is 0 Å². The highest BCUT2D eigenvalue weighted by Gasteiger charge is 2.46. The molecule has 0 aromatic heterocycles. The first kappa shape index (κ1) is 13.9. The van der Waals surface area contributed by atoms with Gasteiger partial charge in [0.05, 0.1) is 0 Å². The lowest BCUT2D eigenvalue weighted by Gasteiger charge is -2.31. The van der Waals surface area contributed by atoms with Crippen molar-refractivity contribution < 1.29 is 14.7 Å². The lowest BCUT2D eigenvalue weighted by Crippen LogP contribution is -2.50. The van der Waals surface area contributed by atoms with Crippen molar-refractivity contribution in [3.63, 3.8) is 0 Å². The van der Waals surface area contributed by atoms with Gasteiger partial charge in [0.15, 0.2) is 0 Å². The van der Waals surface area contributed by atoms with Gasteiger partial charge >= 0.3 is 5.97 Å². The van der Waals surface area contributed by atoms with E-state index in [4.69, 9.17) is 0 Å². The summed E-state index contributed by atoms with van der Waals surface area (Å²) in [6.45, 7) is 2.15. The fraction of sp³-hybridized carbons (Fsp3) is 0.412. The Morgan fingerprint density at radius 1 is 1.33 bits per heavy atom. The van der Waals surface area contributed by atoms with Crippen LogP contribution in [-0.2, 0) is 11.2 Å². The summed E-state index contributed by atoms with van der Waals surface area (Å²) in [6.07, 6.45) is 7.38. The maximum Gasteiger partial charge on any atom is 0.329 e. The van der Waals surface area contributed by atoms with E-state index in [1.54, 1.807) is 13.0 Å². The molecule has 0 bridgehead atoms. The van der Waals surface area contributed by atoms with Gasteiger partial charge in [-0.1, -0.05) is 18.2 Å². The van der Waals surface area contributed by atoms with Crippen LogP contribution in [0.25, 0.3) is 6.08 Å². The molecule has 1 aromatic rings. The van der Waals surface area contributed by atoms with Gasteiger partial charge in [0.1, 0.15) is 5.54 Å². The minimum absolute atomic E-state index is 0.172. The second-order valence-corrected chi connectivity index (χ2v) is 5.99. The molecule has 0 spiro atoms. The topological polar surface area (TPSA) is 57.6 Å². The number of rotatable bonds is 2. The normalized spacial score (nSPS) is 24.0. The van der Waals surface area contributed by atoms with E-state index in [0.29, 0.717) is 18.5 Å². The van der Waals surface area contributed by atoms with Gasteiger partial charge in [0.25, 0.3) is 5.91 Å². The number of aryl methyl sites for hydroxylation is 1. The Labute approximate surface area is 124 Å². The molecule has 1 heterocycles. The SMILES string of the molecule is CC1(C(=O)O)CCCN1C(=O)c1ccc2c(c1)CCC=C2. The number of fused-ring (bicyclic) bond motifs is 1. The average Bonchev–Trinajstić information content (AvgIpc) is 2.89. The number of carbonyl (C=O) groups excluding carboxylic acids is 1. The van der Waals surface area contributed by atoms with Gasteiger partial charge < -0.3 is 10.0 Å². The summed E-state index contributed by atoms with van der Waals surface area (Å²) in [7, 11) is 0. The van der Waals surface area contributed by atoms with Crippen LogP contribution in [-0.4, -0.2) is 34.0 Å². The third-order valence-electron chi connectivity index (χ3n) is 4.61. The van der Waals surface area contributed by atoms with Crippen LogP contribution in [0.2, 0.25) is 0 Å². The Balaban J connectivity index is 1.92. The van der Waals surface area contributed by atoms with Crippen LogP contribution in [0.3, 0.4) is 0 Å². The summed E-state index contributed by atoms with van der Waals surface area (Å²) < 4.78 is 0. The molecule has 1 aromatic carbocycles. The van der Waals surface area contributed by atoms with Crippen molar-refractivity contribution in [3.8, 4) is 0 Å². The van der Waals surface area contributed by atoms with Gasteiger partial charge in [-0.3, -0.25) is 4.79 Å². The Hall–Kier alpha value is -2.10. The molecule has 21 heavy (non-hydrogen) atoms. The minimum atomic E-state index is -1.08. The average molecular weight is 285 g/mol.